The van der Waals surface area contributed by atoms with Crippen molar-refractivity contribution >= 4 is 27.5 Å². The molecule has 2 N–H and O–H groups in total. The maximum atomic E-state index is 11.5. The lowest BCUT2D eigenvalue weighted by atomic mass is 10.2. The first-order valence-electron chi connectivity index (χ1n) is 6.17. The highest BCUT2D eigenvalue weighted by Gasteiger charge is 2.10. The standard InChI is InChI=1S/C11H23ClN2O3S/c1-10(2)9-13-11(15)5-7-14-18(16,17)8-4-3-6-12/h10,14H,3-9H2,1-2H3,(H,13,15). The van der Waals surface area contributed by atoms with Crippen LogP contribution in [0, 0.1) is 5.92 Å². The van der Waals surface area contributed by atoms with Crippen molar-refractivity contribution < 1.29 is 13.2 Å². The number of rotatable bonds is 10. The minimum Gasteiger partial charge on any atom is -0.356 e. The van der Waals surface area contributed by atoms with E-state index in [9.17, 15) is 13.2 Å². The molecule has 0 rings (SSSR count). The van der Waals surface area contributed by atoms with E-state index in [4.69, 9.17) is 11.6 Å². The molecule has 0 heterocycles. The van der Waals surface area contributed by atoms with Crippen LogP contribution in [0.25, 0.3) is 0 Å². The van der Waals surface area contributed by atoms with Gasteiger partial charge in [-0.3, -0.25) is 4.79 Å². The molecule has 0 aromatic heterocycles. The third-order valence-electron chi connectivity index (χ3n) is 2.18. The molecular weight excluding hydrogens is 276 g/mol. The van der Waals surface area contributed by atoms with Gasteiger partial charge in [-0.15, -0.1) is 11.6 Å². The number of unbranched alkanes of at least 4 members (excludes halogenated alkanes) is 1. The second-order valence-corrected chi connectivity index (χ2v) is 6.86. The number of sulfonamides is 1. The fraction of sp³-hybridized carbons (Fsp3) is 0.909. The van der Waals surface area contributed by atoms with Crippen LogP contribution in [0.4, 0.5) is 0 Å². The van der Waals surface area contributed by atoms with Crippen LogP contribution in [-0.4, -0.2) is 39.0 Å². The predicted octanol–water partition coefficient (Wildman–Crippen LogP) is 1.09. The van der Waals surface area contributed by atoms with Crippen LogP contribution >= 0.6 is 11.6 Å². The minimum absolute atomic E-state index is 0.0628. The van der Waals surface area contributed by atoms with Crippen molar-refractivity contribution in [3.05, 3.63) is 0 Å². The van der Waals surface area contributed by atoms with Gasteiger partial charge >= 0.3 is 0 Å². The van der Waals surface area contributed by atoms with E-state index in [1.54, 1.807) is 0 Å². The molecule has 5 nitrogen and oxygen atoms in total. The van der Waals surface area contributed by atoms with Crippen LogP contribution in [0.2, 0.25) is 0 Å². The molecule has 0 radical (unpaired) electrons. The normalized spacial score (nSPS) is 11.8. The highest BCUT2D eigenvalue weighted by atomic mass is 35.5. The van der Waals surface area contributed by atoms with Gasteiger partial charge in [-0.25, -0.2) is 13.1 Å². The Kier molecular flexibility index (Phi) is 9.40. The zero-order valence-electron chi connectivity index (χ0n) is 11.0. The van der Waals surface area contributed by atoms with Crippen LogP contribution < -0.4 is 10.0 Å². The topological polar surface area (TPSA) is 75.3 Å². The van der Waals surface area contributed by atoms with Gasteiger partial charge in [0.25, 0.3) is 0 Å². The van der Waals surface area contributed by atoms with Crippen molar-refractivity contribution in [2.24, 2.45) is 5.92 Å². The third-order valence-corrected chi connectivity index (χ3v) is 3.92. The van der Waals surface area contributed by atoms with E-state index in [0.29, 0.717) is 31.2 Å². The van der Waals surface area contributed by atoms with Crippen molar-refractivity contribution in [1.82, 2.24) is 10.0 Å². The minimum atomic E-state index is -3.27. The first-order chi connectivity index (χ1) is 8.37. The van der Waals surface area contributed by atoms with Gasteiger partial charge in [0.05, 0.1) is 5.75 Å². The summed E-state index contributed by atoms with van der Waals surface area (Å²) in [6, 6.07) is 0. The molecular formula is C11H23ClN2O3S. The number of carbonyl (C=O) groups is 1. The second-order valence-electron chi connectivity index (χ2n) is 4.56. The highest BCUT2D eigenvalue weighted by Crippen LogP contribution is 1.96. The molecule has 0 aromatic carbocycles. The summed E-state index contributed by atoms with van der Waals surface area (Å²) in [6.45, 7) is 4.76. The smallest absolute Gasteiger partial charge is 0.221 e. The second kappa shape index (κ2) is 9.58. The van der Waals surface area contributed by atoms with Crippen molar-refractivity contribution in [2.75, 3.05) is 24.7 Å². The van der Waals surface area contributed by atoms with Crippen LogP contribution in [-0.2, 0) is 14.8 Å². The van der Waals surface area contributed by atoms with Gasteiger partial charge in [0.15, 0.2) is 0 Å². The Morgan fingerprint density at radius 2 is 1.94 bits per heavy atom. The largest absolute Gasteiger partial charge is 0.356 e. The molecule has 0 spiro atoms. The number of carbonyl (C=O) groups excluding carboxylic acids is 1. The van der Waals surface area contributed by atoms with Gasteiger partial charge in [-0.1, -0.05) is 13.8 Å². The quantitative estimate of drug-likeness (QED) is 0.468. The lowest BCUT2D eigenvalue weighted by Gasteiger charge is -2.08. The Balaban J connectivity index is 3.72. The monoisotopic (exact) mass is 298 g/mol. The molecule has 0 atom stereocenters. The van der Waals surface area contributed by atoms with Crippen molar-refractivity contribution in [3.63, 3.8) is 0 Å². The highest BCUT2D eigenvalue weighted by molar-refractivity contribution is 7.89. The molecule has 0 aromatic rings. The number of amides is 1. The molecule has 108 valence electrons. The van der Waals surface area contributed by atoms with Gasteiger partial charge in [0.2, 0.25) is 15.9 Å². The van der Waals surface area contributed by atoms with Gasteiger partial charge in [0.1, 0.15) is 0 Å². The first kappa shape index (κ1) is 17.7. The van der Waals surface area contributed by atoms with Crippen LogP contribution in [0.15, 0.2) is 0 Å². The van der Waals surface area contributed by atoms with Crippen LogP contribution in [0.5, 0.6) is 0 Å². The molecule has 0 bridgehead atoms. The Bertz CT molecular complexity index is 331. The van der Waals surface area contributed by atoms with Crippen LogP contribution in [0.3, 0.4) is 0 Å². The van der Waals surface area contributed by atoms with E-state index in [1.807, 2.05) is 13.8 Å². The number of nitrogens with one attached hydrogen (secondary N) is 2. The molecule has 7 heteroatoms. The fourth-order valence-electron chi connectivity index (χ4n) is 1.19. The van der Waals surface area contributed by atoms with Crippen molar-refractivity contribution in [1.29, 1.82) is 0 Å². The summed E-state index contributed by atoms with van der Waals surface area (Å²) in [6.07, 6.45) is 1.39. The van der Waals surface area contributed by atoms with Crippen molar-refractivity contribution in [2.45, 2.75) is 33.1 Å². The maximum Gasteiger partial charge on any atom is 0.221 e. The predicted molar refractivity (Wildman–Crippen MR) is 74.2 cm³/mol. The Labute approximate surface area is 115 Å². The summed E-state index contributed by atoms with van der Waals surface area (Å²) < 4.78 is 25.3. The SMILES string of the molecule is CC(C)CNC(=O)CCNS(=O)(=O)CCCCCl. The average molecular weight is 299 g/mol. The summed E-state index contributed by atoms with van der Waals surface area (Å²) in [5, 5.41) is 2.73. The van der Waals surface area contributed by atoms with Gasteiger partial charge in [-0.2, -0.15) is 0 Å². The van der Waals surface area contributed by atoms with Gasteiger partial charge in [0, 0.05) is 25.4 Å². The van der Waals surface area contributed by atoms with E-state index >= 15 is 0 Å². The Morgan fingerprint density at radius 1 is 1.28 bits per heavy atom. The molecule has 0 aliphatic heterocycles. The molecule has 0 aliphatic rings. The molecule has 18 heavy (non-hydrogen) atoms. The average Bonchev–Trinajstić information content (AvgIpc) is 2.26. The summed E-state index contributed by atoms with van der Waals surface area (Å²) in [4.78, 5) is 11.3. The zero-order valence-corrected chi connectivity index (χ0v) is 12.6. The maximum absolute atomic E-state index is 11.5. The van der Waals surface area contributed by atoms with E-state index in [0.717, 1.165) is 0 Å². The van der Waals surface area contributed by atoms with E-state index in [1.165, 1.54) is 0 Å². The van der Waals surface area contributed by atoms with Gasteiger partial charge < -0.3 is 5.32 Å². The first-order valence-corrected chi connectivity index (χ1v) is 8.36. The molecule has 0 fully saturated rings. The van der Waals surface area contributed by atoms with E-state index in [-0.39, 0.29) is 24.6 Å². The fourth-order valence-corrected chi connectivity index (χ4v) is 2.52. The summed E-state index contributed by atoms with van der Waals surface area (Å²) >= 11 is 5.47. The number of hydrogen-bond acceptors (Lipinski definition) is 3. The van der Waals surface area contributed by atoms with Crippen molar-refractivity contribution in [3.8, 4) is 0 Å². The Morgan fingerprint density at radius 3 is 2.50 bits per heavy atom. The molecule has 0 aliphatic carbocycles. The summed E-state index contributed by atoms with van der Waals surface area (Å²) in [5.74, 6) is 0.786. The molecule has 0 saturated carbocycles. The summed E-state index contributed by atoms with van der Waals surface area (Å²) in [7, 11) is -3.27. The van der Waals surface area contributed by atoms with E-state index in [2.05, 4.69) is 10.0 Å². The van der Waals surface area contributed by atoms with Gasteiger partial charge in [-0.05, 0) is 18.8 Å². The zero-order chi connectivity index (χ0) is 14.0. The number of hydrogen-bond donors (Lipinski definition) is 2. The van der Waals surface area contributed by atoms with E-state index < -0.39 is 10.0 Å². The molecule has 0 unspecified atom stereocenters. The number of halogens is 1. The Hall–Kier alpha value is -0.330. The van der Waals surface area contributed by atoms with Crippen LogP contribution in [0.1, 0.15) is 33.1 Å². The number of alkyl halides is 1. The molecule has 0 saturated heterocycles. The summed E-state index contributed by atoms with van der Waals surface area (Å²) in [5.41, 5.74) is 0. The third kappa shape index (κ3) is 10.8. The molecule has 1 amide bonds. The lowest BCUT2D eigenvalue weighted by Crippen LogP contribution is -2.33. The lowest BCUT2D eigenvalue weighted by molar-refractivity contribution is -0.121.